The second kappa shape index (κ2) is 8.10. The number of aromatic nitrogens is 2. The van der Waals surface area contributed by atoms with Gasteiger partial charge >= 0.3 is 0 Å². The van der Waals surface area contributed by atoms with Crippen LogP contribution in [0.2, 0.25) is 0 Å². The van der Waals surface area contributed by atoms with Gasteiger partial charge in [-0.2, -0.15) is 0 Å². The maximum atomic E-state index is 2.37. The van der Waals surface area contributed by atoms with E-state index in [1.54, 1.807) is 0 Å². The fourth-order valence-electron chi connectivity index (χ4n) is 6.58. The summed E-state index contributed by atoms with van der Waals surface area (Å²) < 4.78 is 4.66. The van der Waals surface area contributed by atoms with E-state index in [2.05, 4.69) is 136 Å². The zero-order chi connectivity index (χ0) is 26.3. The van der Waals surface area contributed by atoms with Gasteiger partial charge in [-0.05, 0) is 104 Å². The molecule has 2 heterocycles. The summed E-state index contributed by atoms with van der Waals surface area (Å²) in [5.74, 6) is 0. The van der Waals surface area contributed by atoms with Crippen LogP contribution in [0.1, 0.15) is 22.3 Å². The highest BCUT2D eigenvalue weighted by molar-refractivity contribution is 6.11. The Kier molecular flexibility index (Phi) is 4.87. The molecule has 0 unspecified atom stereocenters. The topological polar surface area (TPSA) is 9.86 Å². The first-order chi connectivity index (χ1) is 18.3. The van der Waals surface area contributed by atoms with Crippen LogP contribution in [0.4, 0.5) is 0 Å². The van der Waals surface area contributed by atoms with Crippen LogP contribution in [0.5, 0.6) is 0 Å². The quantitative estimate of drug-likeness (QED) is 0.227. The summed E-state index contributed by atoms with van der Waals surface area (Å²) in [6.07, 6.45) is 0. The van der Waals surface area contributed by atoms with E-state index >= 15 is 0 Å². The van der Waals surface area contributed by atoms with Gasteiger partial charge in [-0.1, -0.05) is 53.6 Å². The summed E-state index contributed by atoms with van der Waals surface area (Å²) in [4.78, 5) is 0. The monoisotopic (exact) mass is 492 g/mol. The van der Waals surface area contributed by atoms with E-state index in [4.69, 9.17) is 0 Å². The van der Waals surface area contributed by atoms with Gasteiger partial charge in [0.15, 0.2) is 0 Å². The van der Waals surface area contributed by atoms with Crippen LogP contribution < -0.4 is 0 Å². The summed E-state index contributed by atoms with van der Waals surface area (Å²) in [5, 5.41) is 5.30. The molecule has 5 aromatic carbocycles. The Morgan fingerprint density at radius 3 is 1.76 bits per heavy atom. The van der Waals surface area contributed by atoms with E-state index in [9.17, 15) is 0 Å². The van der Waals surface area contributed by atoms with Crippen LogP contribution in [0, 0.1) is 27.7 Å². The van der Waals surface area contributed by atoms with Crippen molar-refractivity contribution in [3.05, 3.63) is 107 Å². The van der Waals surface area contributed by atoms with Crippen molar-refractivity contribution in [2.24, 2.45) is 14.1 Å². The molecule has 7 aromatic rings. The van der Waals surface area contributed by atoms with Crippen LogP contribution in [-0.4, -0.2) is 9.13 Å². The Morgan fingerprint density at radius 1 is 0.395 bits per heavy atom. The van der Waals surface area contributed by atoms with E-state index < -0.39 is 0 Å². The van der Waals surface area contributed by atoms with Gasteiger partial charge < -0.3 is 9.13 Å². The molecule has 2 aromatic heterocycles. The number of nitrogens with zero attached hydrogens (tertiary/aromatic N) is 2. The van der Waals surface area contributed by atoms with Gasteiger partial charge in [0.1, 0.15) is 0 Å². The predicted molar refractivity (Wildman–Crippen MR) is 164 cm³/mol. The minimum absolute atomic E-state index is 1.25. The van der Waals surface area contributed by atoms with Crippen molar-refractivity contribution in [1.29, 1.82) is 0 Å². The normalized spacial score (nSPS) is 11.9. The Bertz CT molecular complexity index is 2080. The standard InChI is InChI=1S/C36H32N2/c1-21-7-11-33-30(16-21)31-19-25(9-12-34(31)37(33)5)27-14-23(3)15-28(18-27)26-8-10-29-32-17-22(2)13-24(4)36(32)38(6)35(29)20-26/h7-20H,1-6H3. The van der Waals surface area contributed by atoms with Crippen molar-refractivity contribution < 1.29 is 0 Å². The molecule has 0 saturated carbocycles. The number of rotatable bonds is 2. The van der Waals surface area contributed by atoms with Crippen LogP contribution in [0.15, 0.2) is 84.9 Å². The van der Waals surface area contributed by atoms with E-state index in [0.29, 0.717) is 0 Å². The SMILES string of the molecule is Cc1cc(-c2ccc3c(c2)c2cc(C)ccc2n3C)cc(-c2ccc3c4cc(C)cc(C)c4n(C)c3c2)c1. The van der Waals surface area contributed by atoms with E-state index in [-0.39, 0.29) is 0 Å². The van der Waals surface area contributed by atoms with Gasteiger partial charge in [0.2, 0.25) is 0 Å². The highest BCUT2D eigenvalue weighted by Crippen LogP contribution is 2.37. The number of hydrogen-bond donors (Lipinski definition) is 0. The second-order valence-corrected chi connectivity index (χ2v) is 11.2. The Morgan fingerprint density at radius 2 is 1.00 bits per heavy atom. The summed E-state index contributed by atoms with van der Waals surface area (Å²) in [7, 11) is 4.36. The molecule has 0 bridgehead atoms. The van der Waals surface area contributed by atoms with Crippen LogP contribution in [-0.2, 0) is 14.1 Å². The summed E-state index contributed by atoms with van der Waals surface area (Å²) in [5.41, 5.74) is 15.4. The van der Waals surface area contributed by atoms with Gasteiger partial charge in [0.25, 0.3) is 0 Å². The van der Waals surface area contributed by atoms with Crippen LogP contribution in [0.3, 0.4) is 0 Å². The van der Waals surface area contributed by atoms with Crippen molar-refractivity contribution >= 4 is 43.6 Å². The van der Waals surface area contributed by atoms with Gasteiger partial charge in [0.05, 0.1) is 5.52 Å². The molecule has 38 heavy (non-hydrogen) atoms. The average molecular weight is 493 g/mol. The van der Waals surface area contributed by atoms with Gasteiger partial charge in [-0.3, -0.25) is 0 Å². The summed E-state index contributed by atoms with van der Waals surface area (Å²) >= 11 is 0. The van der Waals surface area contributed by atoms with E-state index in [1.165, 1.54) is 88.1 Å². The summed E-state index contributed by atoms with van der Waals surface area (Å²) in [6.45, 7) is 8.78. The lowest BCUT2D eigenvalue weighted by Crippen LogP contribution is -1.90. The highest BCUT2D eigenvalue weighted by atomic mass is 14.9. The molecular formula is C36H32N2. The molecule has 0 spiro atoms. The molecule has 2 heteroatoms. The van der Waals surface area contributed by atoms with Gasteiger partial charge in [-0.15, -0.1) is 0 Å². The van der Waals surface area contributed by atoms with Crippen molar-refractivity contribution in [2.45, 2.75) is 27.7 Å². The predicted octanol–water partition coefficient (Wildman–Crippen LogP) is 9.54. The molecule has 2 nitrogen and oxygen atoms in total. The lowest BCUT2D eigenvalue weighted by molar-refractivity contribution is 1.01. The molecule has 0 fully saturated rings. The molecule has 0 radical (unpaired) electrons. The third-order valence-corrected chi connectivity index (χ3v) is 8.34. The van der Waals surface area contributed by atoms with Crippen molar-refractivity contribution in [1.82, 2.24) is 9.13 Å². The van der Waals surface area contributed by atoms with Crippen molar-refractivity contribution in [3.8, 4) is 22.3 Å². The van der Waals surface area contributed by atoms with Crippen molar-refractivity contribution in [3.63, 3.8) is 0 Å². The molecule has 0 aliphatic rings. The third kappa shape index (κ3) is 3.33. The first-order valence-corrected chi connectivity index (χ1v) is 13.4. The molecule has 0 amide bonds. The minimum Gasteiger partial charge on any atom is -0.344 e. The minimum atomic E-state index is 1.25. The molecule has 0 aliphatic heterocycles. The van der Waals surface area contributed by atoms with E-state index in [0.717, 1.165) is 0 Å². The zero-order valence-electron chi connectivity index (χ0n) is 23.0. The maximum Gasteiger partial charge on any atom is 0.0518 e. The Balaban J connectivity index is 1.40. The molecule has 0 aliphatic carbocycles. The fraction of sp³-hybridized carbons (Fsp3) is 0.167. The van der Waals surface area contributed by atoms with Gasteiger partial charge in [0, 0.05) is 52.2 Å². The molecule has 186 valence electrons. The lowest BCUT2D eigenvalue weighted by Gasteiger charge is -2.10. The number of aryl methyl sites for hydroxylation is 6. The fourth-order valence-corrected chi connectivity index (χ4v) is 6.58. The molecule has 0 N–H and O–H groups in total. The third-order valence-electron chi connectivity index (χ3n) is 8.34. The Hall–Kier alpha value is -4.30. The smallest absolute Gasteiger partial charge is 0.0518 e. The van der Waals surface area contributed by atoms with E-state index in [1.807, 2.05) is 0 Å². The second-order valence-electron chi connectivity index (χ2n) is 11.2. The molecule has 0 atom stereocenters. The largest absolute Gasteiger partial charge is 0.344 e. The first-order valence-electron chi connectivity index (χ1n) is 13.4. The molecule has 0 saturated heterocycles. The first kappa shape index (κ1) is 22.9. The van der Waals surface area contributed by atoms with Crippen LogP contribution >= 0.6 is 0 Å². The number of fused-ring (bicyclic) bond motifs is 6. The van der Waals surface area contributed by atoms with Gasteiger partial charge in [-0.25, -0.2) is 0 Å². The number of hydrogen-bond acceptors (Lipinski definition) is 0. The van der Waals surface area contributed by atoms with Crippen LogP contribution in [0.25, 0.3) is 65.9 Å². The van der Waals surface area contributed by atoms with Crippen molar-refractivity contribution in [2.75, 3.05) is 0 Å². The summed E-state index contributed by atoms with van der Waals surface area (Å²) in [6, 6.07) is 32.2. The molecular weight excluding hydrogens is 460 g/mol. The maximum absolute atomic E-state index is 2.37. The lowest BCUT2D eigenvalue weighted by atomic mass is 9.95. The zero-order valence-corrected chi connectivity index (χ0v) is 23.0. The average Bonchev–Trinajstić information content (AvgIpc) is 3.33. The molecule has 7 rings (SSSR count). The Labute approximate surface area is 223 Å². The highest BCUT2D eigenvalue weighted by Gasteiger charge is 2.14. The number of benzene rings is 5.